The van der Waals surface area contributed by atoms with Crippen LogP contribution < -0.4 is 4.72 Å². The third-order valence-corrected chi connectivity index (χ3v) is 4.38. The fraction of sp³-hybridized carbons (Fsp3) is 0.143. The van der Waals surface area contributed by atoms with E-state index in [1.807, 2.05) is 0 Å². The molecule has 0 amide bonds. The first-order chi connectivity index (χ1) is 9.92. The molecule has 0 saturated heterocycles. The van der Waals surface area contributed by atoms with E-state index in [1.165, 1.54) is 0 Å². The second kappa shape index (κ2) is 6.41. The summed E-state index contributed by atoms with van der Waals surface area (Å²) in [7, 11) is -4.10. The van der Waals surface area contributed by atoms with Gasteiger partial charge in [0, 0.05) is 17.6 Å². The van der Waals surface area contributed by atoms with E-state index in [0.717, 1.165) is 17.7 Å². The van der Waals surface area contributed by atoms with Crippen molar-refractivity contribution in [3.63, 3.8) is 0 Å². The molecule has 0 aliphatic carbocycles. The summed E-state index contributed by atoms with van der Waals surface area (Å²) in [5, 5.41) is 0. The summed E-state index contributed by atoms with van der Waals surface area (Å²) in [4.78, 5) is -0.603. The summed E-state index contributed by atoms with van der Waals surface area (Å²) >= 11 is 5.61. The number of alkyl halides is 1. The zero-order chi connectivity index (χ0) is 15.5. The number of anilines is 1. The minimum Gasteiger partial charge on any atom is -0.280 e. The van der Waals surface area contributed by atoms with Crippen LogP contribution in [0.3, 0.4) is 0 Å². The molecule has 2 aromatic rings. The summed E-state index contributed by atoms with van der Waals surface area (Å²) in [5.74, 6) is -1.51. The van der Waals surface area contributed by atoms with Gasteiger partial charge in [-0.25, -0.2) is 17.2 Å². The SMILES string of the molecule is O=S(=O)(Nc1ccc(CCCl)cc1)c1ccc(F)cc1F. The van der Waals surface area contributed by atoms with Crippen LogP contribution in [0, 0.1) is 11.6 Å². The van der Waals surface area contributed by atoms with Crippen molar-refractivity contribution in [3.05, 3.63) is 59.7 Å². The molecule has 3 nitrogen and oxygen atoms in total. The molecule has 0 aliphatic heterocycles. The Hall–Kier alpha value is -1.66. The molecule has 112 valence electrons. The van der Waals surface area contributed by atoms with Crippen LogP contribution in [0.5, 0.6) is 0 Å². The number of aryl methyl sites for hydroxylation is 1. The lowest BCUT2D eigenvalue weighted by molar-refractivity contribution is 0.551. The molecule has 0 heterocycles. The predicted octanol–water partition coefficient (Wildman–Crippen LogP) is 3.55. The highest BCUT2D eigenvalue weighted by molar-refractivity contribution is 7.92. The average Bonchev–Trinajstić information content (AvgIpc) is 2.40. The molecule has 1 N–H and O–H groups in total. The van der Waals surface area contributed by atoms with Gasteiger partial charge in [0.15, 0.2) is 0 Å². The quantitative estimate of drug-likeness (QED) is 0.852. The second-order valence-electron chi connectivity index (χ2n) is 4.32. The van der Waals surface area contributed by atoms with Crippen LogP contribution in [0.1, 0.15) is 5.56 Å². The van der Waals surface area contributed by atoms with Gasteiger partial charge < -0.3 is 0 Å². The van der Waals surface area contributed by atoms with Gasteiger partial charge in [0.25, 0.3) is 10.0 Å². The van der Waals surface area contributed by atoms with Crippen LogP contribution in [0.25, 0.3) is 0 Å². The van der Waals surface area contributed by atoms with Gasteiger partial charge >= 0.3 is 0 Å². The fourth-order valence-electron chi connectivity index (χ4n) is 1.75. The van der Waals surface area contributed by atoms with Gasteiger partial charge in [0.2, 0.25) is 0 Å². The van der Waals surface area contributed by atoms with E-state index >= 15 is 0 Å². The van der Waals surface area contributed by atoms with Crippen molar-refractivity contribution in [2.75, 3.05) is 10.6 Å². The van der Waals surface area contributed by atoms with Crippen molar-refractivity contribution in [2.24, 2.45) is 0 Å². The van der Waals surface area contributed by atoms with Crippen LogP contribution in [0.15, 0.2) is 47.4 Å². The van der Waals surface area contributed by atoms with Gasteiger partial charge in [-0.1, -0.05) is 12.1 Å². The second-order valence-corrected chi connectivity index (χ2v) is 6.34. The molecule has 0 fully saturated rings. The van der Waals surface area contributed by atoms with E-state index in [1.54, 1.807) is 24.3 Å². The van der Waals surface area contributed by atoms with Crippen molar-refractivity contribution in [1.82, 2.24) is 0 Å². The Bertz CT molecular complexity index is 733. The highest BCUT2D eigenvalue weighted by atomic mass is 35.5. The molecule has 0 spiro atoms. The van der Waals surface area contributed by atoms with Crippen molar-refractivity contribution < 1.29 is 17.2 Å². The smallest absolute Gasteiger partial charge is 0.264 e. The average molecular weight is 332 g/mol. The van der Waals surface area contributed by atoms with E-state index in [9.17, 15) is 17.2 Å². The summed E-state index contributed by atoms with van der Waals surface area (Å²) in [5.41, 5.74) is 1.25. The molecule has 2 aromatic carbocycles. The number of halogens is 3. The zero-order valence-electron chi connectivity index (χ0n) is 10.8. The van der Waals surface area contributed by atoms with Crippen LogP contribution in [0.4, 0.5) is 14.5 Å². The molecule has 0 unspecified atom stereocenters. The normalized spacial score (nSPS) is 11.4. The molecule has 21 heavy (non-hydrogen) atoms. The van der Waals surface area contributed by atoms with Crippen LogP contribution in [-0.4, -0.2) is 14.3 Å². The third kappa shape index (κ3) is 3.92. The standard InChI is InChI=1S/C14H12ClF2NO2S/c15-8-7-10-1-4-12(5-2-10)18-21(19,20)14-6-3-11(16)9-13(14)17/h1-6,9,18H,7-8H2. The minimum absolute atomic E-state index is 0.289. The fourth-order valence-corrected chi connectivity index (χ4v) is 3.09. The van der Waals surface area contributed by atoms with Gasteiger partial charge in [-0.15, -0.1) is 11.6 Å². The lowest BCUT2D eigenvalue weighted by Crippen LogP contribution is -2.14. The lowest BCUT2D eigenvalue weighted by Gasteiger charge is -2.09. The highest BCUT2D eigenvalue weighted by Gasteiger charge is 2.19. The molecular weight excluding hydrogens is 320 g/mol. The Kier molecular flexibility index (Phi) is 4.80. The van der Waals surface area contributed by atoms with Crippen molar-refractivity contribution in [1.29, 1.82) is 0 Å². The van der Waals surface area contributed by atoms with Crippen molar-refractivity contribution in [2.45, 2.75) is 11.3 Å². The zero-order valence-corrected chi connectivity index (χ0v) is 12.4. The van der Waals surface area contributed by atoms with E-state index in [4.69, 9.17) is 11.6 Å². The molecule has 7 heteroatoms. The molecule has 0 aromatic heterocycles. The minimum atomic E-state index is -4.10. The molecule has 0 aliphatic rings. The number of rotatable bonds is 5. The largest absolute Gasteiger partial charge is 0.280 e. The Labute approximate surface area is 126 Å². The maximum absolute atomic E-state index is 13.5. The molecule has 0 radical (unpaired) electrons. The van der Waals surface area contributed by atoms with Crippen LogP contribution in [-0.2, 0) is 16.4 Å². The monoisotopic (exact) mass is 331 g/mol. The van der Waals surface area contributed by atoms with E-state index in [-0.39, 0.29) is 5.69 Å². The number of hydrogen-bond acceptors (Lipinski definition) is 2. The lowest BCUT2D eigenvalue weighted by atomic mass is 10.2. The van der Waals surface area contributed by atoms with E-state index < -0.39 is 26.6 Å². The van der Waals surface area contributed by atoms with Crippen LogP contribution in [0.2, 0.25) is 0 Å². The third-order valence-electron chi connectivity index (χ3n) is 2.77. The Morgan fingerprint density at radius 3 is 2.29 bits per heavy atom. The Balaban J connectivity index is 2.24. The summed E-state index contributed by atoms with van der Waals surface area (Å²) in [6.45, 7) is 0. The first-order valence-corrected chi connectivity index (χ1v) is 8.07. The summed E-state index contributed by atoms with van der Waals surface area (Å²) in [6.07, 6.45) is 0.668. The topological polar surface area (TPSA) is 46.2 Å². The van der Waals surface area contributed by atoms with Gasteiger partial charge in [0.05, 0.1) is 0 Å². The molecule has 0 saturated carbocycles. The highest BCUT2D eigenvalue weighted by Crippen LogP contribution is 2.20. The van der Waals surface area contributed by atoms with Crippen molar-refractivity contribution >= 4 is 27.3 Å². The maximum Gasteiger partial charge on any atom is 0.264 e. The maximum atomic E-state index is 13.5. The van der Waals surface area contributed by atoms with E-state index in [0.29, 0.717) is 18.4 Å². The Morgan fingerprint density at radius 1 is 1.05 bits per heavy atom. The molecule has 0 bridgehead atoms. The molecule has 2 rings (SSSR count). The van der Waals surface area contributed by atoms with Crippen LogP contribution >= 0.6 is 11.6 Å². The molecule has 0 atom stereocenters. The van der Waals surface area contributed by atoms with E-state index in [2.05, 4.69) is 4.72 Å². The Morgan fingerprint density at radius 2 is 1.71 bits per heavy atom. The number of benzene rings is 2. The summed E-state index contributed by atoms with van der Waals surface area (Å²) in [6, 6.07) is 8.86. The first-order valence-electron chi connectivity index (χ1n) is 6.05. The number of sulfonamides is 1. The predicted molar refractivity (Wildman–Crippen MR) is 78.0 cm³/mol. The van der Waals surface area contributed by atoms with Gasteiger partial charge in [0.1, 0.15) is 16.5 Å². The first kappa shape index (κ1) is 15.7. The van der Waals surface area contributed by atoms with Gasteiger partial charge in [-0.2, -0.15) is 0 Å². The summed E-state index contributed by atoms with van der Waals surface area (Å²) < 4.78 is 52.7. The van der Waals surface area contributed by atoms with Gasteiger partial charge in [-0.3, -0.25) is 4.72 Å². The van der Waals surface area contributed by atoms with Crippen molar-refractivity contribution in [3.8, 4) is 0 Å². The molecular formula is C14H12ClF2NO2S. The number of hydrogen-bond donors (Lipinski definition) is 1. The van der Waals surface area contributed by atoms with Gasteiger partial charge in [-0.05, 0) is 36.2 Å². The number of nitrogens with one attached hydrogen (secondary N) is 1.